The molecule has 2 aliphatic heterocycles. The highest BCUT2D eigenvalue weighted by Gasteiger charge is 2.50. The van der Waals surface area contributed by atoms with Gasteiger partial charge in [-0.15, -0.1) is 0 Å². The van der Waals surface area contributed by atoms with Crippen molar-refractivity contribution >= 4 is 23.0 Å². The number of benzene rings is 2. The number of thiocarbonyl (C=S) groups is 1. The van der Waals surface area contributed by atoms with Crippen LogP contribution in [0.4, 0.5) is 5.69 Å². The van der Waals surface area contributed by atoms with Crippen LogP contribution < -0.4 is 24.8 Å². The summed E-state index contributed by atoms with van der Waals surface area (Å²) in [6, 6.07) is 12.6. The number of rotatable bonds is 8. The van der Waals surface area contributed by atoms with Crippen molar-refractivity contribution in [2.24, 2.45) is 0 Å². The first-order chi connectivity index (χ1) is 19.1. The van der Waals surface area contributed by atoms with Crippen LogP contribution in [0, 0.1) is 0 Å². The van der Waals surface area contributed by atoms with Crippen LogP contribution >= 0.6 is 12.2 Å². The van der Waals surface area contributed by atoms with Crippen LogP contribution in [0.3, 0.4) is 0 Å². The molecule has 0 saturated carbocycles. The van der Waals surface area contributed by atoms with Crippen LogP contribution in [0.1, 0.15) is 6.04 Å². The quantitative estimate of drug-likeness (QED) is 0.307. The highest BCUT2D eigenvalue weighted by Crippen LogP contribution is 2.36. The van der Waals surface area contributed by atoms with Crippen molar-refractivity contribution in [3.05, 3.63) is 55.1 Å². The zero-order chi connectivity index (χ0) is 26.8. The van der Waals surface area contributed by atoms with Gasteiger partial charge in [0.15, 0.2) is 5.11 Å². The molecule has 0 spiro atoms. The number of fused-ring (bicyclic) bond motifs is 1. The van der Waals surface area contributed by atoms with Gasteiger partial charge in [0.25, 0.3) is 0 Å². The predicted molar refractivity (Wildman–Crippen MR) is 140 cm³/mol. The van der Waals surface area contributed by atoms with Crippen LogP contribution in [0.25, 0.3) is 5.69 Å². The SMILES string of the molecule is COc1cc(NC(=S)N[C@H]2CO[C@H]3[C@@H]2OC[C@@H]3n2nnnc2Oc2ccc(-n3cncn3)cc2)cc(OC)c1. The van der Waals surface area contributed by atoms with E-state index in [1.54, 1.807) is 36.0 Å². The number of hydrogen-bond acceptors (Lipinski definition) is 11. The third-order valence-electron chi connectivity index (χ3n) is 6.46. The molecule has 0 amide bonds. The van der Waals surface area contributed by atoms with Gasteiger partial charge in [0, 0.05) is 23.9 Å². The molecule has 2 N–H and O–H groups in total. The van der Waals surface area contributed by atoms with Gasteiger partial charge in [0.05, 0.1) is 39.2 Å². The molecule has 4 aromatic rings. The van der Waals surface area contributed by atoms with Gasteiger partial charge in [0.2, 0.25) is 0 Å². The topological polar surface area (TPSA) is 145 Å². The minimum Gasteiger partial charge on any atom is -0.497 e. The molecule has 39 heavy (non-hydrogen) atoms. The summed E-state index contributed by atoms with van der Waals surface area (Å²) in [6.45, 7) is 0.755. The van der Waals surface area contributed by atoms with Crippen LogP contribution in [-0.2, 0) is 9.47 Å². The largest absolute Gasteiger partial charge is 0.497 e. The van der Waals surface area contributed by atoms with Gasteiger partial charge in [-0.3, -0.25) is 0 Å². The zero-order valence-corrected chi connectivity index (χ0v) is 21.8. The summed E-state index contributed by atoms with van der Waals surface area (Å²) < 4.78 is 32.1. The lowest BCUT2D eigenvalue weighted by molar-refractivity contribution is 0.0615. The maximum Gasteiger partial charge on any atom is 0.341 e. The number of anilines is 1. The second-order valence-corrected chi connectivity index (χ2v) is 9.22. The van der Waals surface area contributed by atoms with Crippen LogP contribution in [0.5, 0.6) is 23.3 Å². The molecule has 0 unspecified atom stereocenters. The van der Waals surface area contributed by atoms with Crippen LogP contribution in [0.15, 0.2) is 55.1 Å². The summed E-state index contributed by atoms with van der Waals surface area (Å²) in [5.41, 5.74) is 1.58. The molecule has 2 fully saturated rings. The van der Waals surface area contributed by atoms with Gasteiger partial charge in [-0.05, 0) is 46.9 Å². The molecule has 0 radical (unpaired) electrons. The third-order valence-corrected chi connectivity index (χ3v) is 6.68. The maximum atomic E-state index is 6.11. The summed E-state index contributed by atoms with van der Waals surface area (Å²) in [7, 11) is 3.19. The van der Waals surface area contributed by atoms with Gasteiger partial charge in [-0.1, -0.05) is 5.10 Å². The summed E-state index contributed by atoms with van der Waals surface area (Å²) in [5, 5.41) is 23.0. The summed E-state index contributed by atoms with van der Waals surface area (Å²) in [5.74, 6) is 1.87. The average Bonchev–Trinajstić information content (AvgIpc) is 3.76. The van der Waals surface area contributed by atoms with Crippen molar-refractivity contribution in [2.45, 2.75) is 24.3 Å². The Morgan fingerprint density at radius 2 is 1.77 bits per heavy atom. The van der Waals surface area contributed by atoms with Crippen LogP contribution in [0.2, 0.25) is 0 Å². The van der Waals surface area contributed by atoms with E-state index in [-0.39, 0.29) is 30.3 Å². The molecule has 2 saturated heterocycles. The number of hydrogen-bond donors (Lipinski definition) is 2. The first-order valence-corrected chi connectivity index (χ1v) is 12.5. The Balaban J connectivity index is 1.09. The number of ether oxygens (including phenoxy) is 5. The van der Waals surface area contributed by atoms with E-state index >= 15 is 0 Å². The summed E-state index contributed by atoms with van der Waals surface area (Å²) in [6.07, 6.45) is 2.55. The first-order valence-electron chi connectivity index (χ1n) is 12.1. The first kappa shape index (κ1) is 25.0. The van der Waals surface area contributed by atoms with Gasteiger partial charge < -0.3 is 34.3 Å². The lowest BCUT2D eigenvalue weighted by atomic mass is 10.1. The lowest BCUT2D eigenvalue weighted by Gasteiger charge is -2.20. The Bertz CT molecular complexity index is 1410. The molecule has 2 aromatic heterocycles. The molecule has 0 bridgehead atoms. The van der Waals surface area contributed by atoms with E-state index in [4.69, 9.17) is 35.9 Å². The fraction of sp³-hybridized carbons (Fsp3) is 0.333. The molecule has 0 aliphatic carbocycles. The standard InChI is InChI=1S/C24H25N9O5S/c1-34-17-7-14(8-18(9-17)35-2)27-23(39)28-19-10-36-22-20(11-37-21(19)22)33-24(29-30-31-33)38-16-5-3-15(4-6-16)32-13-25-12-26-32/h3-9,12-13,19-22H,10-11H2,1-2H3,(H2,27,28,39)/t19-,20-,21+,22+/m0/s1. The number of tetrazole rings is 1. The predicted octanol–water partition coefficient (Wildman–Crippen LogP) is 1.76. The molecular formula is C24H25N9O5S. The third kappa shape index (κ3) is 5.19. The van der Waals surface area contributed by atoms with Crippen molar-refractivity contribution in [1.82, 2.24) is 40.3 Å². The maximum absolute atomic E-state index is 6.11. The van der Waals surface area contributed by atoms with E-state index in [1.807, 2.05) is 36.4 Å². The molecule has 6 rings (SSSR count). The molecular weight excluding hydrogens is 526 g/mol. The van der Waals surface area contributed by atoms with E-state index < -0.39 is 0 Å². The second kappa shape index (κ2) is 10.8. The monoisotopic (exact) mass is 551 g/mol. The normalized spacial score (nSPS) is 21.8. The Labute approximate surface area is 228 Å². The van der Waals surface area contributed by atoms with Crippen molar-refractivity contribution in [2.75, 3.05) is 32.8 Å². The van der Waals surface area contributed by atoms with E-state index in [0.29, 0.717) is 35.6 Å². The van der Waals surface area contributed by atoms with Crippen molar-refractivity contribution in [3.63, 3.8) is 0 Å². The fourth-order valence-electron chi connectivity index (χ4n) is 4.60. The Kier molecular flexibility index (Phi) is 6.91. The van der Waals surface area contributed by atoms with E-state index in [2.05, 4.69) is 36.2 Å². The zero-order valence-electron chi connectivity index (χ0n) is 21.0. The Morgan fingerprint density at radius 1 is 1.00 bits per heavy atom. The second-order valence-electron chi connectivity index (χ2n) is 8.81. The number of aromatic nitrogens is 7. The lowest BCUT2D eigenvalue weighted by Crippen LogP contribution is -2.45. The van der Waals surface area contributed by atoms with Gasteiger partial charge in [-0.2, -0.15) is 9.78 Å². The Morgan fingerprint density at radius 3 is 2.49 bits per heavy atom. The molecule has 202 valence electrons. The fourth-order valence-corrected chi connectivity index (χ4v) is 4.87. The number of nitrogens with one attached hydrogen (secondary N) is 2. The van der Waals surface area contributed by atoms with Crippen molar-refractivity contribution in [1.29, 1.82) is 0 Å². The molecule has 4 atom stereocenters. The highest BCUT2D eigenvalue weighted by molar-refractivity contribution is 7.80. The van der Waals surface area contributed by atoms with Gasteiger partial charge in [-0.25, -0.2) is 9.67 Å². The average molecular weight is 552 g/mol. The summed E-state index contributed by atoms with van der Waals surface area (Å²) in [4.78, 5) is 3.96. The highest BCUT2D eigenvalue weighted by atomic mass is 32.1. The van der Waals surface area contributed by atoms with Crippen LogP contribution in [-0.4, -0.2) is 85.8 Å². The molecule has 15 heteroatoms. The van der Waals surface area contributed by atoms with Gasteiger partial charge >= 0.3 is 6.01 Å². The van der Waals surface area contributed by atoms with Gasteiger partial charge in [0.1, 0.15) is 48.2 Å². The minimum atomic E-state index is -0.289. The molecule has 14 nitrogen and oxygen atoms in total. The van der Waals surface area contributed by atoms with Crippen molar-refractivity contribution < 1.29 is 23.7 Å². The summed E-state index contributed by atoms with van der Waals surface area (Å²) >= 11 is 5.55. The number of methoxy groups -OCH3 is 2. The molecule has 2 aromatic carbocycles. The van der Waals surface area contributed by atoms with E-state index in [1.165, 1.54) is 6.33 Å². The van der Waals surface area contributed by atoms with E-state index in [9.17, 15) is 0 Å². The Hall–Kier alpha value is -4.34. The minimum absolute atomic E-state index is 0.169. The molecule has 2 aliphatic rings. The molecule has 4 heterocycles. The van der Waals surface area contributed by atoms with E-state index in [0.717, 1.165) is 11.4 Å². The number of nitrogens with zero attached hydrogens (tertiary/aromatic N) is 7. The smallest absolute Gasteiger partial charge is 0.341 e. The van der Waals surface area contributed by atoms with Crippen molar-refractivity contribution in [3.8, 4) is 28.9 Å².